The van der Waals surface area contributed by atoms with Gasteiger partial charge in [-0.15, -0.1) is 6.42 Å². The quantitative estimate of drug-likeness (QED) is 0.594. The number of hydrogen-bond acceptors (Lipinski definition) is 1. The van der Waals surface area contributed by atoms with Gasteiger partial charge in [0.1, 0.15) is 0 Å². The van der Waals surface area contributed by atoms with Crippen molar-refractivity contribution in [3.05, 3.63) is 57.6 Å². The molecule has 0 aliphatic carbocycles. The van der Waals surface area contributed by atoms with Gasteiger partial charge in [-0.25, -0.2) is 0 Å². The lowest BCUT2D eigenvalue weighted by Crippen LogP contribution is -2.31. The van der Waals surface area contributed by atoms with Crippen molar-refractivity contribution in [3.63, 3.8) is 0 Å². The Morgan fingerprint density at radius 1 is 1.40 bits per heavy atom. The molecule has 20 heavy (non-hydrogen) atoms. The summed E-state index contributed by atoms with van der Waals surface area (Å²) in [5.41, 5.74) is 4.95. The van der Waals surface area contributed by atoms with Crippen LogP contribution in [0.5, 0.6) is 0 Å². The zero-order valence-corrected chi connectivity index (χ0v) is 12.9. The van der Waals surface area contributed by atoms with Crippen LogP contribution in [-0.2, 0) is 13.0 Å². The normalized spacial score (nSPS) is 16.7. The molecule has 104 valence electrons. The summed E-state index contributed by atoms with van der Waals surface area (Å²) in [6.07, 6.45) is 10.5. The number of fused-ring (bicyclic) bond motifs is 1. The molecule has 0 amide bonds. The Balaban J connectivity index is 2.02. The molecule has 2 rings (SSSR count). The second-order valence-corrected chi connectivity index (χ2v) is 5.75. The molecule has 0 fully saturated rings. The summed E-state index contributed by atoms with van der Waals surface area (Å²) in [7, 11) is 0. The van der Waals surface area contributed by atoms with Crippen LogP contribution in [0.4, 0.5) is 0 Å². The van der Waals surface area contributed by atoms with E-state index in [1.807, 2.05) is 25.1 Å². The van der Waals surface area contributed by atoms with Gasteiger partial charge in [0.2, 0.25) is 0 Å². The molecule has 0 saturated carbocycles. The Hall–Kier alpha value is -1.49. The Morgan fingerprint density at radius 3 is 2.95 bits per heavy atom. The minimum absolute atomic E-state index is 0.905. The molecule has 1 aliphatic heterocycles. The van der Waals surface area contributed by atoms with Gasteiger partial charge in [-0.2, -0.15) is 0 Å². The molecule has 0 saturated heterocycles. The van der Waals surface area contributed by atoms with Crippen LogP contribution in [-0.4, -0.2) is 18.0 Å². The topological polar surface area (TPSA) is 3.24 Å². The van der Waals surface area contributed by atoms with E-state index >= 15 is 0 Å². The van der Waals surface area contributed by atoms with E-state index in [2.05, 4.69) is 29.9 Å². The van der Waals surface area contributed by atoms with Gasteiger partial charge in [-0.1, -0.05) is 47.4 Å². The Bertz CT molecular complexity index is 590. The Labute approximate surface area is 126 Å². The minimum Gasteiger partial charge on any atom is -0.295 e. The third-order valence-electron chi connectivity index (χ3n) is 3.61. The van der Waals surface area contributed by atoms with Gasteiger partial charge in [-0.3, -0.25) is 4.90 Å². The summed E-state index contributed by atoms with van der Waals surface area (Å²) >= 11 is 6.24. The van der Waals surface area contributed by atoms with Crippen molar-refractivity contribution in [1.82, 2.24) is 4.90 Å². The standard InChI is InChI=1S/C18H20ClN/c1-4-14(2)8-9-15(3)12-20-11-10-17-16(13-20)6-5-7-18(17)19/h1,5-9H,10-13H2,2-3H3/b14-8-,15-9+. The zero-order valence-electron chi connectivity index (χ0n) is 12.1. The van der Waals surface area contributed by atoms with Crippen LogP contribution in [0.3, 0.4) is 0 Å². The van der Waals surface area contributed by atoms with Crippen molar-refractivity contribution in [2.75, 3.05) is 13.1 Å². The maximum atomic E-state index is 6.24. The first kappa shape index (κ1) is 14.9. The molecule has 0 unspecified atom stereocenters. The summed E-state index contributed by atoms with van der Waals surface area (Å²) < 4.78 is 0. The first-order valence-corrected chi connectivity index (χ1v) is 7.27. The number of hydrogen-bond donors (Lipinski definition) is 0. The molecule has 0 radical (unpaired) electrons. The fourth-order valence-electron chi connectivity index (χ4n) is 2.48. The highest BCUT2D eigenvalue weighted by atomic mass is 35.5. The number of terminal acetylenes is 1. The highest BCUT2D eigenvalue weighted by Gasteiger charge is 2.17. The van der Waals surface area contributed by atoms with Crippen molar-refractivity contribution in [2.24, 2.45) is 0 Å². The monoisotopic (exact) mass is 285 g/mol. The largest absolute Gasteiger partial charge is 0.295 e. The van der Waals surface area contributed by atoms with Gasteiger partial charge >= 0.3 is 0 Å². The number of halogens is 1. The second kappa shape index (κ2) is 6.79. The highest BCUT2D eigenvalue weighted by Crippen LogP contribution is 2.26. The lowest BCUT2D eigenvalue weighted by molar-refractivity contribution is 0.276. The molecule has 1 aliphatic rings. The Morgan fingerprint density at radius 2 is 2.20 bits per heavy atom. The van der Waals surface area contributed by atoms with E-state index in [1.165, 1.54) is 16.7 Å². The van der Waals surface area contributed by atoms with Gasteiger partial charge < -0.3 is 0 Å². The van der Waals surface area contributed by atoms with E-state index in [1.54, 1.807) is 0 Å². The minimum atomic E-state index is 0.905. The first-order valence-electron chi connectivity index (χ1n) is 6.89. The van der Waals surface area contributed by atoms with Crippen LogP contribution >= 0.6 is 11.6 Å². The van der Waals surface area contributed by atoms with Crippen molar-refractivity contribution >= 4 is 11.6 Å². The predicted octanol–water partition coefficient (Wildman–Crippen LogP) is 4.22. The van der Waals surface area contributed by atoms with Crippen LogP contribution in [0, 0.1) is 12.3 Å². The van der Waals surface area contributed by atoms with Gasteiger partial charge in [0.25, 0.3) is 0 Å². The smallest absolute Gasteiger partial charge is 0.0441 e. The van der Waals surface area contributed by atoms with Gasteiger partial charge in [0, 0.05) is 24.7 Å². The van der Waals surface area contributed by atoms with Gasteiger partial charge in [0.05, 0.1) is 0 Å². The van der Waals surface area contributed by atoms with Crippen LogP contribution in [0.25, 0.3) is 0 Å². The summed E-state index contributed by atoms with van der Waals surface area (Å²) in [6, 6.07) is 6.19. The Kier molecular flexibility index (Phi) is 5.06. The van der Waals surface area contributed by atoms with Crippen molar-refractivity contribution in [3.8, 4) is 12.3 Å². The number of allylic oxidation sites excluding steroid dienone is 3. The number of nitrogens with zero attached hydrogens (tertiary/aromatic N) is 1. The molecule has 0 aromatic heterocycles. The molecule has 0 N–H and O–H groups in total. The van der Waals surface area contributed by atoms with E-state index in [4.69, 9.17) is 18.0 Å². The average Bonchev–Trinajstić information content (AvgIpc) is 2.45. The fraction of sp³-hybridized carbons (Fsp3) is 0.333. The SMILES string of the molecule is C#C/C(C)=C\C=C(/C)CN1CCc2c(Cl)cccc2C1. The maximum Gasteiger partial charge on any atom is 0.0441 e. The van der Waals surface area contributed by atoms with Gasteiger partial charge in [-0.05, 0) is 43.0 Å². The molecule has 1 heterocycles. The predicted molar refractivity (Wildman–Crippen MR) is 86.8 cm³/mol. The van der Waals surface area contributed by atoms with Crippen LogP contribution in [0.15, 0.2) is 41.5 Å². The molecule has 2 heteroatoms. The molecule has 1 aromatic rings. The molecular weight excluding hydrogens is 266 g/mol. The lowest BCUT2D eigenvalue weighted by atomic mass is 9.99. The number of rotatable bonds is 3. The second-order valence-electron chi connectivity index (χ2n) is 5.35. The molecular formula is C18H20ClN. The fourth-order valence-corrected chi connectivity index (χ4v) is 2.77. The van der Waals surface area contributed by atoms with E-state index in [9.17, 15) is 0 Å². The van der Waals surface area contributed by atoms with Crippen molar-refractivity contribution < 1.29 is 0 Å². The summed E-state index contributed by atoms with van der Waals surface area (Å²) in [6.45, 7) is 7.09. The van der Waals surface area contributed by atoms with Crippen molar-refractivity contribution in [1.29, 1.82) is 0 Å². The van der Waals surface area contributed by atoms with E-state index < -0.39 is 0 Å². The van der Waals surface area contributed by atoms with Crippen LogP contribution in [0.1, 0.15) is 25.0 Å². The van der Waals surface area contributed by atoms with Gasteiger partial charge in [0.15, 0.2) is 0 Å². The van der Waals surface area contributed by atoms with Crippen LogP contribution < -0.4 is 0 Å². The molecule has 1 aromatic carbocycles. The first-order chi connectivity index (χ1) is 9.60. The third kappa shape index (κ3) is 3.76. The molecule has 0 atom stereocenters. The molecule has 1 nitrogen and oxygen atoms in total. The summed E-state index contributed by atoms with van der Waals surface area (Å²) in [5, 5.41) is 0.905. The van der Waals surface area contributed by atoms with Crippen LogP contribution in [0.2, 0.25) is 5.02 Å². The third-order valence-corrected chi connectivity index (χ3v) is 3.96. The zero-order chi connectivity index (χ0) is 14.5. The van der Waals surface area contributed by atoms with E-state index in [-0.39, 0.29) is 0 Å². The summed E-state index contributed by atoms with van der Waals surface area (Å²) in [4.78, 5) is 2.45. The molecule has 0 bridgehead atoms. The van der Waals surface area contributed by atoms with E-state index in [0.717, 1.165) is 36.7 Å². The molecule has 0 spiro atoms. The average molecular weight is 286 g/mol. The van der Waals surface area contributed by atoms with E-state index in [0.29, 0.717) is 0 Å². The highest BCUT2D eigenvalue weighted by molar-refractivity contribution is 6.31. The lowest BCUT2D eigenvalue weighted by Gasteiger charge is -2.29. The van der Waals surface area contributed by atoms with Crippen molar-refractivity contribution in [2.45, 2.75) is 26.8 Å². The summed E-state index contributed by atoms with van der Waals surface area (Å²) in [5.74, 6) is 2.63. The number of benzene rings is 1. The maximum absolute atomic E-state index is 6.24.